The highest BCUT2D eigenvalue weighted by Gasteiger charge is 2.09. The third-order valence-corrected chi connectivity index (χ3v) is 3.11. The molecule has 92 valence electrons. The Morgan fingerprint density at radius 3 is 2.67 bits per heavy atom. The molecule has 18 heavy (non-hydrogen) atoms. The van der Waals surface area contributed by atoms with Gasteiger partial charge in [0.2, 0.25) is 0 Å². The van der Waals surface area contributed by atoms with Crippen LogP contribution in [-0.4, -0.2) is 11.1 Å². The number of hydrogen-bond donors (Lipinski definition) is 1. The van der Waals surface area contributed by atoms with Crippen molar-refractivity contribution < 1.29 is 14.6 Å². The number of carboxylic acid groups (broad SMARTS) is 1. The quantitative estimate of drug-likeness (QED) is 0.854. The maximum Gasteiger partial charge on any atom is 0.336 e. The van der Waals surface area contributed by atoms with Gasteiger partial charge in [0.1, 0.15) is 12.4 Å². The molecule has 2 aromatic rings. The zero-order chi connectivity index (χ0) is 13.0. The number of carboxylic acids is 1. The van der Waals surface area contributed by atoms with E-state index in [0.717, 1.165) is 9.32 Å². The molecule has 0 aromatic heterocycles. The molecule has 2 rings (SSSR count). The van der Waals surface area contributed by atoms with Gasteiger partial charge >= 0.3 is 5.97 Å². The minimum atomic E-state index is -0.933. The van der Waals surface area contributed by atoms with Crippen molar-refractivity contribution in [1.82, 2.24) is 0 Å². The van der Waals surface area contributed by atoms with E-state index in [2.05, 4.69) is 22.6 Å². The maximum atomic E-state index is 11.0. The van der Waals surface area contributed by atoms with Crippen molar-refractivity contribution in [3.05, 3.63) is 63.2 Å². The second-order valence-electron chi connectivity index (χ2n) is 3.71. The summed E-state index contributed by atoms with van der Waals surface area (Å²) in [4.78, 5) is 11.0. The molecule has 3 nitrogen and oxygen atoms in total. The van der Waals surface area contributed by atoms with Gasteiger partial charge in [0.25, 0.3) is 0 Å². The largest absolute Gasteiger partial charge is 0.489 e. The fourth-order valence-electron chi connectivity index (χ4n) is 1.57. The molecule has 0 aliphatic heterocycles. The first-order valence-corrected chi connectivity index (χ1v) is 6.44. The number of halogens is 1. The normalized spacial score (nSPS) is 10.1. The van der Waals surface area contributed by atoms with Crippen LogP contribution < -0.4 is 4.74 Å². The Morgan fingerprint density at radius 1 is 1.17 bits per heavy atom. The van der Waals surface area contributed by atoms with E-state index in [9.17, 15) is 4.79 Å². The average Bonchev–Trinajstić information content (AvgIpc) is 2.37. The van der Waals surface area contributed by atoms with Gasteiger partial charge in [-0.3, -0.25) is 0 Å². The second kappa shape index (κ2) is 5.86. The number of aromatic carboxylic acids is 1. The molecule has 0 unspecified atom stereocenters. The van der Waals surface area contributed by atoms with Gasteiger partial charge in [-0.1, -0.05) is 24.3 Å². The van der Waals surface area contributed by atoms with Gasteiger partial charge < -0.3 is 9.84 Å². The van der Waals surface area contributed by atoms with E-state index in [1.807, 2.05) is 24.3 Å². The predicted octanol–water partition coefficient (Wildman–Crippen LogP) is 3.57. The third kappa shape index (κ3) is 3.22. The van der Waals surface area contributed by atoms with Crippen LogP contribution in [0.1, 0.15) is 15.9 Å². The summed E-state index contributed by atoms with van der Waals surface area (Å²) in [6.45, 7) is 0.253. The van der Waals surface area contributed by atoms with Crippen LogP contribution in [0, 0.1) is 3.57 Å². The number of benzene rings is 2. The van der Waals surface area contributed by atoms with E-state index in [1.54, 1.807) is 24.3 Å². The van der Waals surface area contributed by atoms with Crippen LogP contribution in [0.5, 0.6) is 5.75 Å². The van der Waals surface area contributed by atoms with Crippen LogP contribution in [-0.2, 0) is 6.61 Å². The van der Waals surface area contributed by atoms with Crippen LogP contribution in [0.4, 0.5) is 0 Å². The van der Waals surface area contributed by atoms with Gasteiger partial charge in [-0.05, 0) is 46.9 Å². The van der Waals surface area contributed by atoms with Gasteiger partial charge in [0, 0.05) is 9.13 Å². The first-order valence-electron chi connectivity index (χ1n) is 5.36. The molecule has 0 radical (unpaired) electrons. The lowest BCUT2D eigenvalue weighted by Gasteiger charge is -2.08. The number of carbonyl (C=O) groups is 1. The lowest BCUT2D eigenvalue weighted by Crippen LogP contribution is -2.05. The first-order chi connectivity index (χ1) is 8.66. The van der Waals surface area contributed by atoms with Crippen molar-refractivity contribution >= 4 is 28.6 Å². The van der Waals surface area contributed by atoms with Crippen molar-refractivity contribution in [1.29, 1.82) is 0 Å². The van der Waals surface area contributed by atoms with E-state index in [0.29, 0.717) is 5.56 Å². The lowest BCUT2D eigenvalue weighted by molar-refractivity contribution is 0.0694. The van der Waals surface area contributed by atoms with Crippen molar-refractivity contribution in [2.24, 2.45) is 0 Å². The van der Waals surface area contributed by atoms with Crippen LogP contribution in [0.3, 0.4) is 0 Å². The second-order valence-corrected chi connectivity index (χ2v) is 4.95. The molecule has 0 aliphatic rings. The van der Waals surface area contributed by atoms with Crippen molar-refractivity contribution in [2.75, 3.05) is 0 Å². The van der Waals surface area contributed by atoms with E-state index < -0.39 is 5.97 Å². The summed E-state index contributed by atoms with van der Waals surface area (Å²) < 4.78 is 6.68. The summed E-state index contributed by atoms with van der Waals surface area (Å²) in [5.41, 5.74) is 0.951. The molecule has 0 fully saturated rings. The molecule has 0 spiro atoms. The molecule has 0 heterocycles. The summed E-state index contributed by atoms with van der Waals surface area (Å²) in [6.07, 6.45) is 0. The summed E-state index contributed by atoms with van der Waals surface area (Å²) in [7, 11) is 0. The Kier molecular flexibility index (Phi) is 4.19. The molecule has 0 saturated heterocycles. The molecule has 0 amide bonds. The molecule has 0 bridgehead atoms. The van der Waals surface area contributed by atoms with Crippen LogP contribution in [0.25, 0.3) is 0 Å². The molecule has 4 heteroatoms. The zero-order valence-electron chi connectivity index (χ0n) is 9.47. The Labute approximate surface area is 119 Å². The highest BCUT2D eigenvalue weighted by atomic mass is 127. The molecule has 0 aliphatic carbocycles. The highest BCUT2D eigenvalue weighted by Crippen LogP contribution is 2.17. The number of ether oxygens (including phenoxy) is 1. The summed E-state index contributed by atoms with van der Waals surface area (Å²) in [5.74, 6) is -0.195. The molecule has 0 saturated carbocycles. The van der Waals surface area contributed by atoms with Gasteiger partial charge in [-0.15, -0.1) is 0 Å². The highest BCUT2D eigenvalue weighted by molar-refractivity contribution is 14.1. The van der Waals surface area contributed by atoms with E-state index in [4.69, 9.17) is 9.84 Å². The topological polar surface area (TPSA) is 46.5 Å². The van der Waals surface area contributed by atoms with E-state index >= 15 is 0 Å². The minimum Gasteiger partial charge on any atom is -0.489 e. The average molecular weight is 354 g/mol. The summed E-state index contributed by atoms with van der Waals surface area (Å²) >= 11 is 2.20. The Balaban J connectivity index is 2.13. The first kappa shape index (κ1) is 12.9. The van der Waals surface area contributed by atoms with Crippen molar-refractivity contribution in [2.45, 2.75) is 6.61 Å². The Morgan fingerprint density at radius 2 is 1.94 bits per heavy atom. The SMILES string of the molecule is O=C(O)c1ccccc1COc1cccc(I)c1. The molecule has 2 aromatic carbocycles. The maximum absolute atomic E-state index is 11.0. The van der Waals surface area contributed by atoms with Gasteiger partial charge in [-0.2, -0.15) is 0 Å². The van der Waals surface area contributed by atoms with Crippen LogP contribution >= 0.6 is 22.6 Å². The van der Waals surface area contributed by atoms with E-state index in [-0.39, 0.29) is 12.2 Å². The van der Waals surface area contributed by atoms with Gasteiger partial charge in [0.15, 0.2) is 0 Å². The molecular formula is C14H11IO3. The fourth-order valence-corrected chi connectivity index (χ4v) is 2.09. The van der Waals surface area contributed by atoms with Crippen molar-refractivity contribution in [3.8, 4) is 5.75 Å². The predicted molar refractivity (Wildman–Crippen MR) is 76.9 cm³/mol. The Bertz CT molecular complexity index is 566. The molecular weight excluding hydrogens is 343 g/mol. The van der Waals surface area contributed by atoms with Crippen molar-refractivity contribution in [3.63, 3.8) is 0 Å². The Hall–Kier alpha value is -1.56. The van der Waals surface area contributed by atoms with Gasteiger partial charge in [0.05, 0.1) is 5.56 Å². The standard InChI is InChI=1S/C14H11IO3/c15-11-5-3-6-12(8-11)18-9-10-4-1-2-7-13(10)14(16)17/h1-8H,9H2,(H,16,17). The zero-order valence-corrected chi connectivity index (χ0v) is 11.6. The monoisotopic (exact) mass is 354 g/mol. The molecule has 1 N–H and O–H groups in total. The van der Waals surface area contributed by atoms with Crippen LogP contribution in [0.15, 0.2) is 48.5 Å². The lowest BCUT2D eigenvalue weighted by atomic mass is 10.1. The number of rotatable bonds is 4. The number of hydrogen-bond acceptors (Lipinski definition) is 2. The summed E-state index contributed by atoms with van der Waals surface area (Å²) in [6, 6.07) is 14.5. The smallest absolute Gasteiger partial charge is 0.336 e. The summed E-state index contributed by atoms with van der Waals surface area (Å²) in [5, 5.41) is 9.05. The molecule has 0 atom stereocenters. The van der Waals surface area contributed by atoms with E-state index in [1.165, 1.54) is 0 Å². The fraction of sp³-hybridized carbons (Fsp3) is 0.0714. The van der Waals surface area contributed by atoms with Crippen LogP contribution in [0.2, 0.25) is 0 Å². The van der Waals surface area contributed by atoms with Gasteiger partial charge in [-0.25, -0.2) is 4.79 Å². The third-order valence-electron chi connectivity index (χ3n) is 2.44. The minimum absolute atomic E-state index is 0.253.